The number of nitrogens with one attached hydrogen (secondary N) is 1. The van der Waals surface area contributed by atoms with Gasteiger partial charge in [-0.1, -0.05) is 13.8 Å². The van der Waals surface area contributed by atoms with E-state index in [9.17, 15) is 9.59 Å². The molecule has 0 bridgehead atoms. The molecule has 0 aliphatic carbocycles. The van der Waals surface area contributed by atoms with Gasteiger partial charge in [0, 0.05) is 18.5 Å². The van der Waals surface area contributed by atoms with Crippen molar-refractivity contribution in [2.75, 3.05) is 0 Å². The minimum atomic E-state index is -0.341. The lowest BCUT2D eigenvalue weighted by Crippen LogP contribution is -2.49. The van der Waals surface area contributed by atoms with Gasteiger partial charge in [0.15, 0.2) is 0 Å². The molecule has 0 aromatic rings. The van der Waals surface area contributed by atoms with Crippen LogP contribution in [0.2, 0.25) is 0 Å². The summed E-state index contributed by atoms with van der Waals surface area (Å²) in [5.41, 5.74) is -0.341. The molecule has 0 unspecified atom stereocenters. The second-order valence-corrected chi connectivity index (χ2v) is 7.78. The van der Waals surface area contributed by atoms with Gasteiger partial charge in [-0.15, -0.1) is 0 Å². The van der Waals surface area contributed by atoms with E-state index in [0.29, 0.717) is 12.3 Å². The summed E-state index contributed by atoms with van der Waals surface area (Å²) >= 11 is 0. The highest BCUT2D eigenvalue weighted by molar-refractivity contribution is 5.93. The van der Waals surface area contributed by atoms with E-state index < -0.39 is 0 Å². The third-order valence-electron chi connectivity index (χ3n) is 4.02. The maximum atomic E-state index is 12.5. The van der Waals surface area contributed by atoms with Gasteiger partial charge in [0.25, 0.3) is 5.91 Å². The number of carbonyl (C=O) groups excluding carboxylic acids is 2. The number of carbonyl (C=O) groups is 2. The maximum absolute atomic E-state index is 12.5. The van der Waals surface area contributed by atoms with Gasteiger partial charge in [-0.3, -0.25) is 9.59 Å². The predicted octanol–water partition coefficient (Wildman–Crippen LogP) is 2.22. The SMILES string of the molecule is CC(C)C[C@H]1C(OC(C)(C)C)=CC(=O)N1[C@H]1CC(=O)N[C@H]1C. The fourth-order valence-electron chi connectivity index (χ4n) is 3.22. The molecule has 22 heavy (non-hydrogen) atoms. The molecule has 0 aromatic carbocycles. The normalized spacial score (nSPS) is 29.1. The Balaban J connectivity index is 2.25. The van der Waals surface area contributed by atoms with Crippen LogP contribution in [0.4, 0.5) is 0 Å². The van der Waals surface area contributed by atoms with Crippen molar-refractivity contribution in [1.82, 2.24) is 10.2 Å². The molecule has 2 amide bonds. The Morgan fingerprint density at radius 2 is 2.00 bits per heavy atom. The molecular weight excluding hydrogens is 280 g/mol. The van der Waals surface area contributed by atoms with Crippen LogP contribution in [0.5, 0.6) is 0 Å². The molecule has 124 valence electrons. The van der Waals surface area contributed by atoms with Gasteiger partial charge in [-0.05, 0) is 40.0 Å². The van der Waals surface area contributed by atoms with Crippen LogP contribution >= 0.6 is 0 Å². The lowest BCUT2D eigenvalue weighted by atomic mass is 9.99. The van der Waals surface area contributed by atoms with E-state index >= 15 is 0 Å². The highest BCUT2D eigenvalue weighted by Gasteiger charge is 2.45. The summed E-state index contributed by atoms with van der Waals surface area (Å²) in [7, 11) is 0. The minimum Gasteiger partial charge on any atom is -0.490 e. The van der Waals surface area contributed by atoms with Gasteiger partial charge in [0.2, 0.25) is 5.91 Å². The summed E-state index contributed by atoms with van der Waals surface area (Å²) in [4.78, 5) is 26.1. The summed E-state index contributed by atoms with van der Waals surface area (Å²) in [5, 5.41) is 2.90. The van der Waals surface area contributed by atoms with Gasteiger partial charge < -0.3 is 15.0 Å². The quantitative estimate of drug-likeness (QED) is 0.866. The van der Waals surface area contributed by atoms with Gasteiger partial charge in [0.05, 0.1) is 12.1 Å². The summed E-state index contributed by atoms with van der Waals surface area (Å²) in [5.74, 6) is 1.14. The molecule has 0 saturated carbocycles. The molecule has 1 N–H and O–H groups in total. The van der Waals surface area contributed by atoms with Crippen molar-refractivity contribution in [3.8, 4) is 0 Å². The molecule has 0 radical (unpaired) electrons. The molecule has 2 aliphatic heterocycles. The Morgan fingerprint density at radius 3 is 2.45 bits per heavy atom. The number of hydrogen-bond donors (Lipinski definition) is 1. The highest BCUT2D eigenvalue weighted by atomic mass is 16.5. The van der Waals surface area contributed by atoms with Crippen LogP contribution in [0.15, 0.2) is 11.8 Å². The van der Waals surface area contributed by atoms with Gasteiger partial charge in [0.1, 0.15) is 11.4 Å². The van der Waals surface area contributed by atoms with E-state index in [0.717, 1.165) is 12.2 Å². The van der Waals surface area contributed by atoms with Crippen LogP contribution in [0.1, 0.15) is 54.4 Å². The largest absolute Gasteiger partial charge is 0.490 e. The smallest absolute Gasteiger partial charge is 0.250 e. The van der Waals surface area contributed by atoms with Crippen molar-refractivity contribution in [3.05, 3.63) is 11.8 Å². The van der Waals surface area contributed by atoms with E-state index in [-0.39, 0.29) is 35.5 Å². The summed E-state index contributed by atoms with van der Waals surface area (Å²) in [6.45, 7) is 12.2. The van der Waals surface area contributed by atoms with Crippen molar-refractivity contribution in [2.24, 2.45) is 5.92 Å². The van der Waals surface area contributed by atoms with E-state index in [1.54, 1.807) is 6.08 Å². The molecule has 2 rings (SSSR count). The predicted molar refractivity (Wildman–Crippen MR) is 85.0 cm³/mol. The topological polar surface area (TPSA) is 58.6 Å². The van der Waals surface area contributed by atoms with Crippen LogP contribution in [-0.4, -0.2) is 40.4 Å². The second kappa shape index (κ2) is 5.94. The van der Waals surface area contributed by atoms with E-state index in [4.69, 9.17) is 4.74 Å². The van der Waals surface area contributed by atoms with E-state index in [2.05, 4.69) is 19.2 Å². The molecule has 5 nitrogen and oxygen atoms in total. The zero-order valence-corrected chi connectivity index (χ0v) is 14.5. The first-order valence-corrected chi connectivity index (χ1v) is 8.10. The van der Waals surface area contributed by atoms with E-state index in [1.165, 1.54) is 0 Å². The molecule has 1 saturated heterocycles. The Hall–Kier alpha value is -1.52. The molecule has 3 atom stereocenters. The number of amides is 2. The first kappa shape index (κ1) is 16.8. The molecular formula is C17H28N2O3. The minimum absolute atomic E-state index is 0.0128. The highest BCUT2D eigenvalue weighted by Crippen LogP contribution is 2.33. The Morgan fingerprint density at radius 1 is 1.36 bits per heavy atom. The molecule has 1 fully saturated rings. The summed E-state index contributed by atoms with van der Waals surface area (Å²) in [6, 6.07) is -0.193. The molecule has 0 aromatic heterocycles. The Labute approximate surface area is 133 Å². The lowest BCUT2D eigenvalue weighted by molar-refractivity contribution is -0.129. The molecule has 5 heteroatoms. The third-order valence-corrected chi connectivity index (χ3v) is 4.02. The fraction of sp³-hybridized carbons (Fsp3) is 0.765. The molecule has 0 spiro atoms. The first-order chi connectivity index (χ1) is 10.1. The zero-order chi connectivity index (χ0) is 16.7. The Bertz CT molecular complexity index is 491. The van der Waals surface area contributed by atoms with Gasteiger partial charge >= 0.3 is 0 Å². The number of ether oxygens (including phenoxy) is 1. The van der Waals surface area contributed by atoms with Crippen LogP contribution in [-0.2, 0) is 14.3 Å². The molecule has 2 aliphatic rings. The standard InChI is InChI=1S/C17H28N2O3/c1-10(2)7-13-14(22-17(4,5)6)9-16(21)19(13)12-8-15(20)18-11(12)3/h9-13H,7-8H2,1-6H3,(H,18,20)/t11-,12-,13-/m0/s1. The van der Waals surface area contributed by atoms with Crippen LogP contribution in [0, 0.1) is 5.92 Å². The summed E-state index contributed by atoms with van der Waals surface area (Å²) in [6.07, 6.45) is 2.82. The number of hydrogen-bond acceptors (Lipinski definition) is 3. The maximum Gasteiger partial charge on any atom is 0.250 e. The van der Waals surface area contributed by atoms with Crippen LogP contribution in [0.3, 0.4) is 0 Å². The third kappa shape index (κ3) is 3.62. The van der Waals surface area contributed by atoms with Crippen LogP contribution < -0.4 is 5.32 Å². The van der Waals surface area contributed by atoms with Gasteiger partial charge in [-0.2, -0.15) is 0 Å². The van der Waals surface area contributed by atoms with Gasteiger partial charge in [-0.25, -0.2) is 0 Å². The summed E-state index contributed by atoms with van der Waals surface area (Å²) < 4.78 is 6.03. The van der Waals surface area contributed by atoms with Crippen molar-refractivity contribution < 1.29 is 14.3 Å². The van der Waals surface area contributed by atoms with E-state index in [1.807, 2.05) is 32.6 Å². The second-order valence-electron chi connectivity index (χ2n) is 7.78. The molecule has 2 heterocycles. The number of nitrogens with zero attached hydrogens (tertiary/aromatic N) is 1. The Kier molecular flexibility index (Phi) is 4.54. The van der Waals surface area contributed by atoms with Crippen molar-refractivity contribution in [1.29, 1.82) is 0 Å². The fourth-order valence-corrected chi connectivity index (χ4v) is 3.22. The average molecular weight is 308 g/mol. The lowest BCUT2D eigenvalue weighted by Gasteiger charge is -2.36. The number of rotatable bonds is 4. The first-order valence-electron chi connectivity index (χ1n) is 8.10. The van der Waals surface area contributed by atoms with Crippen LogP contribution in [0.25, 0.3) is 0 Å². The monoisotopic (exact) mass is 308 g/mol. The zero-order valence-electron chi connectivity index (χ0n) is 14.5. The van der Waals surface area contributed by atoms with Crippen molar-refractivity contribution >= 4 is 11.8 Å². The van der Waals surface area contributed by atoms with Crippen molar-refractivity contribution in [2.45, 2.75) is 78.1 Å². The average Bonchev–Trinajstić information content (AvgIpc) is 2.77. The van der Waals surface area contributed by atoms with Crippen molar-refractivity contribution in [3.63, 3.8) is 0 Å².